The standard InChI is InChI=1S/C19H17NO4/c1-23-14-8-6-13(7-9-14)10-11-24-19(22)18(21)16-12-20-17-5-3-2-4-15(16)17/h2-9,12,20H,10-11H2,1H3. The van der Waals surface area contributed by atoms with Crippen LogP contribution in [0.3, 0.4) is 0 Å². The molecule has 0 radical (unpaired) electrons. The summed E-state index contributed by atoms with van der Waals surface area (Å²) in [6.45, 7) is 0.152. The van der Waals surface area contributed by atoms with Gasteiger partial charge in [-0.2, -0.15) is 0 Å². The largest absolute Gasteiger partial charge is 0.497 e. The molecule has 5 heteroatoms. The number of fused-ring (bicyclic) bond motifs is 1. The Kier molecular flexibility index (Phi) is 4.61. The van der Waals surface area contributed by atoms with E-state index in [2.05, 4.69) is 4.98 Å². The number of ether oxygens (including phenoxy) is 2. The van der Waals surface area contributed by atoms with Gasteiger partial charge >= 0.3 is 5.97 Å². The number of ketones is 1. The highest BCUT2D eigenvalue weighted by atomic mass is 16.5. The molecule has 24 heavy (non-hydrogen) atoms. The van der Waals surface area contributed by atoms with Crippen LogP contribution in [-0.2, 0) is 16.0 Å². The molecule has 0 bridgehead atoms. The maximum absolute atomic E-state index is 12.2. The number of hydrogen-bond donors (Lipinski definition) is 1. The Morgan fingerprint density at radius 1 is 1.04 bits per heavy atom. The molecule has 0 aliphatic heterocycles. The second-order valence-corrected chi connectivity index (χ2v) is 5.31. The predicted molar refractivity (Wildman–Crippen MR) is 90.3 cm³/mol. The zero-order valence-corrected chi connectivity index (χ0v) is 13.2. The molecule has 2 aromatic carbocycles. The number of Topliss-reactive ketones (excluding diaryl/α,β-unsaturated/α-hetero) is 1. The van der Waals surface area contributed by atoms with E-state index in [9.17, 15) is 9.59 Å². The number of nitrogens with one attached hydrogen (secondary N) is 1. The maximum atomic E-state index is 12.2. The molecular formula is C19H17NO4. The summed E-state index contributed by atoms with van der Waals surface area (Å²) in [7, 11) is 1.60. The first-order valence-electron chi connectivity index (χ1n) is 7.59. The van der Waals surface area contributed by atoms with E-state index in [-0.39, 0.29) is 6.61 Å². The summed E-state index contributed by atoms with van der Waals surface area (Å²) in [6.07, 6.45) is 2.08. The van der Waals surface area contributed by atoms with Crippen LogP contribution in [0.2, 0.25) is 0 Å². The number of rotatable bonds is 6. The number of H-pyrrole nitrogens is 1. The minimum atomic E-state index is -0.840. The number of aromatic nitrogens is 1. The SMILES string of the molecule is COc1ccc(CCOC(=O)C(=O)c2c[nH]c3ccccc23)cc1. The summed E-state index contributed by atoms with van der Waals surface area (Å²) in [5.41, 5.74) is 2.15. The van der Waals surface area contributed by atoms with Crippen molar-refractivity contribution in [1.29, 1.82) is 0 Å². The number of esters is 1. The first kappa shape index (κ1) is 15.8. The maximum Gasteiger partial charge on any atom is 0.379 e. The zero-order chi connectivity index (χ0) is 16.9. The molecular weight excluding hydrogens is 306 g/mol. The minimum absolute atomic E-state index is 0.152. The lowest BCUT2D eigenvalue weighted by Gasteiger charge is -2.05. The van der Waals surface area contributed by atoms with Crippen molar-refractivity contribution in [2.75, 3.05) is 13.7 Å². The van der Waals surface area contributed by atoms with E-state index in [4.69, 9.17) is 9.47 Å². The highest BCUT2D eigenvalue weighted by molar-refractivity contribution is 6.42. The molecule has 0 fully saturated rings. The summed E-state index contributed by atoms with van der Waals surface area (Å²) < 4.78 is 10.2. The van der Waals surface area contributed by atoms with Gasteiger partial charge in [0.2, 0.25) is 0 Å². The van der Waals surface area contributed by atoms with E-state index in [1.807, 2.05) is 42.5 Å². The molecule has 0 saturated carbocycles. The van der Waals surface area contributed by atoms with Gasteiger partial charge in [0.1, 0.15) is 5.75 Å². The Hall–Kier alpha value is -3.08. The van der Waals surface area contributed by atoms with Gasteiger partial charge in [-0.25, -0.2) is 4.79 Å². The van der Waals surface area contributed by atoms with Crippen LogP contribution >= 0.6 is 0 Å². The van der Waals surface area contributed by atoms with Crippen LogP contribution < -0.4 is 4.74 Å². The molecule has 5 nitrogen and oxygen atoms in total. The monoisotopic (exact) mass is 323 g/mol. The van der Waals surface area contributed by atoms with Crippen LogP contribution in [0.25, 0.3) is 10.9 Å². The number of carbonyl (C=O) groups is 2. The van der Waals surface area contributed by atoms with E-state index < -0.39 is 11.8 Å². The van der Waals surface area contributed by atoms with Crippen molar-refractivity contribution in [2.45, 2.75) is 6.42 Å². The first-order chi connectivity index (χ1) is 11.7. The molecule has 0 saturated heterocycles. The van der Waals surface area contributed by atoms with Crippen LogP contribution in [0.1, 0.15) is 15.9 Å². The van der Waals surface area contributed by atoms with Crippen LogP contribution in [0.15, 0.2) is 54.7 Å². The van der Waals surface area contributed by atoms with Gasteiger partial charge < -0.3 is 14.5 Å². The van der Waals surface area contributed by atoms with Crippen molar-refractivity contribution < 1.29 is 19.1 Å². The average molecular weight is 323 g/mol. The molecule has 1 N–H and O–H groups in total. The first-order valence-corrected chi connectivity index (χ1v) is 7.59. The molecule has 1 heterocycles. The number of para-hydroxylation sites is 1. The number of carbonyl (C=O) groups excluding carboxylic acids is 2. The van der Waals surface area contributed by atoms with Gasteiger partial charge in [0.15, 0.2) is 0 Å². The molecule has 3 rings (SSSR count). The van der Waals surface area contributed by atoms with E-state index in [0.29, 0.717) is 12.0 Å². The van der Waals surface area contributed by atoms with Gasteiger partial charge in [0.25, 0.3) is 5.78 Å². The van der Waals surface area contributed by atoms with Crippen molar-refractivity contribution in [1.82, 2.24) is 4.98 Å². The fraction of sp³-hybridized carbons (Fsp3) is 0.158. The number of benzene rings is 2. The molecule has 0 spiro atoms. The lowest BCUT2D eigenvalue weighted by atomic mass is 10.1. The minimum Gasteiger partial charge on any atom is -0.497 e. The van der Waals surface area contributed by atoms with Crippen LogP contribution in [0.5, 0.6) is 5.75 Å². The zero-order valence-electron chi connectivity index (χ0n) is 13.2. The number of aromatic amines is 1. The normalized spacial score (nSPS) is 10.5. The lowest BCUT2D eigenvalue weighted by Crippen LogP contribution is -2.18. The fourth-order valence-electron chi connectivity index (χ4n) is 2.49. The third-order valence-corrected chi connectivity index (χ3v) is 3.80. The summed E-state index contributed by atoms with van der Waals surface area (Å²) in [5, 5.41) is 0.717. The molecule has 0 aliphatic rings. The van der Waals surface area contributed by atoms with Gasteiger partial charge in [-0.15, -0.1) is 0 Å². The van der Waals surface area contributed by atoms with Gasteiger partial charge in [0.05, 0.1) is 19.3 Å². The third kappa shape index (κ3) is 3.30. The lowest BCUT2D eigenvalue weighted by molar-refractivity contribution is -0.138. The van der Waals surface area contributed by atoms with Gasteiger partial charge in [-0.1, -0.05) is 30.3 Å². The highest BCUT2D eigenvalue weighted by Gasteiger charge is 2.21. The fourth-order valence-corrected chi connectivity index (χ4v) is 2.49. The van der Waals surface area contributed by atoms with E-state index in [0.717, 1.165) is 22.2 Å². The Morgan fingerprint density at radius 2 is 1.79 bits per heavy atom. The second kappa shape index (κ2) is 7.00. The van der Waals surface area contributed by atoms with Crippen molar-refractivity contribution in [3.63, 3.8) is 0 Å². The van der Waals surface area contributed by atoms with Crippen molar-refractivity contribution in [3.8, 4) is 5.75 Å². The van der Waals surface area contributed by atoms with Crippen LogP contribution in [0, 0.1) is 0 Å². The topological polar surface area (TPSA) is 68.4 Å². The van der Waals surface area contributed by atoms with Crippen molar-refractivity contribution in [3.05, 3.63) is 65.9 Å². The summed E-state index contributed by atoms with van der Waals surface area (Å²) in [6, 6.07) is 14.8. The predicted octanol–water partition coefficient (Wildman–Crippen LogP) is 3.15. The Morgan fingerprint density at radius 3 is 2.54 bits per heavy atom. The molecule has 0 aliphatic carbocycles. The molecule has 0 amide bonds. The Balaban J connectivity index is 1.59. The third-order valence-electron chi connectivity index (χ3n) is 3.80. The van der Waals surface area contributed by atoms with Crippen LogP contribution in [0.4, 0.5) is 0 Å². The second-order valence-electron chi connectivity index (χ2n) is 5.31. The highest BCUT2D eigenvalue weighted by Crippen LogP contribution is 2.18. The molecule has 1 aromatic heterocycles. The van der Waals surface area contributed by atoms with Gasteiger partial charge in [-0.3, -0.25) is 4.79 Å². The van der Waals surface area contributed by atoms with Crippen molar-refractivity contribution in [2.24, 2.45) is 0 Å². The number of methoxy groups -OCH3 is 1. The quantitative estimate of drug-likeness (QED) is 0.430. The van der Waals surface area contributed by atoms with E-state index >= 15 is 0 Å². The summed E-state index contributed by atoms with van der Waals surface area (Å²) in [5.74, 6) is -0.708. The molecule has 0 unspecified atom stereocenters. The van der Waals surface area contributed by atoms with E-state index in [1.165, 1.54) is 6.20 Å². The van der Waals surface area contributed by atoms with E-state index in [1.54, 1.807) is 13.2 Å². The van der Waals surface area contributed by atoms with Gasteiger partial charge in [-0.05, 0) is 23.8 Å². The molecule has 3 aromatic rings. The number of hydrogen-bond acceptors (Lipinski definition) is 4. The van der Waals surface area contributed by atoms with Crippen molar-refractivity contribution >= 4 is 22.7 Å². The molecule has 122 valence electrons. The summed E-state index contributed by atoms with van der Waals surface area (Å²) in [4.78, 5) is 27.2. The average Bonchev–Trinajstić information content (AvgIpc) is 3.05. The Bertz CT molecular complexity index is 864. The summed E-state index contributed by atoms with van der Waals surface area (Å²) >= 11 is 0. The Labute approximate surface area is 139 Å². The van der Waals surface area contributed by atoms with Crippen LogP contribution in [-0.4, -0.2) is 30.5 Å². The van der Waals surface area contributed by atoms with Gasteiger partial charge in [0, 0.05) is 23.5 Å². The molecule has 0 atom stereocenters. The smallest absolute Gasteiger partial charge is 0.379 e.